The van der Waals surface area contributed by atoms with E-state index in [0.29, 0.717) is 17.3 Å². The Hall–Kier alpha value is -1.55. The first-order valence-electron chi connectivity index (χ1n) is 8.40. The van der Waals surface area contributed by atoms with Crippen LogP contribution in [0.1, 0.15) is 19.2 Å². The smallest absolute Gasteiger partial charge is 0.191 e. The zero-order chi connectivity index (χ0) is 17.6. The second-order valence-corrected chi connectivity index (χ2v) is 6.46. The van der Waals surface area contributed by atoms with E-state index >= 15 is 0 Å². The third-order valence-electron chi connectivity index (χ3n) is 4.09. The third-order valence-corrected chi connectivity index (χ3v) is 4.40. The van der Waals surface area contributed by atoms with Gasteiger partial charge in [0.1, 0.15) is 24.0 Å². The molecule has 0 saturated heterocycles. The van der Waals surface area contributed by atoms with E-state index in [9.17, 15) is 0 Å². The molecule has 0 fully saturated rings. The van der Waals surface area contributed by atoms with Gasteiger partial charge in [0.25, 0.3) is 0 Å². The molecule has 1 aromatic carbocycles. The maximum absolute atomic E-state index is 6.12. The number of ether oxygens (including phenoxy) is 1. The average Bonchev–Trinajstić information content (AvgIpc) is 3.08. The molecule has 1 aliphatic rings. The summed E-state index contributed by atoms with van der Waals surface area (Å²) in [6, 6.07) is 7.75. The largest absolute Gasteiger partial charge is 0.487 e. The van der Waals surface area contributed by atoms with Gasteiger partial charge in [-0.15, -0.1) is 24.0 Å². The number of aryl methyl sites for hydroxylation is 1. The van der Waals surface area contributed by atoms with Gasteiger partial charge < -0.3 is 15.4 Å². The van der Waals surface area contributed by atoms with Crippen molar-refractivity contribution >= 4 is 41.5 Å². The Morgan fingerprint density at radius 1 is 1.46 bits per heavy atom. The second kappa shape index (κ2) is 9.96. The fourth-order valence-corrected chi connectivity index (χ4v) is 2.96. The Morgan fingerprint density at radius 3 is 3.04 bits per heavy atom. The molecule has 0 bridgehead atoms. The molecule has 7 nitrogen and oxygen atoms in total. The van der Waals surface area contributed by atoms with Gasteiger partial charge in [0.05, 0.1) is 18.1 Å². The highest BCUT2D eigenvalue weighted by Crippen LogP contribution is 2.24. The van der Waals surface area contributed by atoms with Gasteiger partial charge in [0.15, 0.2) is 5.96 Å². The van der Waals surface area contributed by atoms with Crippen LogP contribution in [0.2, 0.25) is 5.02 Å². The Kier molecular flexibility index (Phi) is 7.95. The molecular weight excluding hydrogens is 467 g/mol. The molecule has 26 heavy (non-hydrogen) atoms. The van der Waals surface area contributed by atoms with E-state index in [0.717, 1.165) is 31.2 Å². The molecule has 0 amide bonds. The fraction of sp³-hybridized carbons (Fsp3) is 0.471. The van der Waals surface area contributed by atoms with Gasteiger partial charge in [-0.25, -0.2) is 9.67 Å². The van der Waals surface area contributed by atoms with Crippen LogP contribution in [0.25, 0.3) is 0 Å². The molecule has 0 aliphatic carbocycles. The number of para-hydroxylation sites is 1. The van der Waals surface area contributed by atoms with Gasteiger partial charge in [-0.05, 0) is 25.5 Å². The maximum Gasteiger partial charge on any atom is 0.191 e. The van der Waals surface area contributed by atoms with Crippen LogP contribution in [0.3, 0.4) is 0 Å². The molecule has 1 aliphatic heterocycles. The average molecular weight is 491 g/mol. The standard InChI is InChI=1S/C17H23ClN6O.HI/c1-12(25-15-6-4-3-5-14(15)18)9-20-17(19-2)23-13-7-8-16-21-11-22-24(16)10-13;/h3-6,11-13H,7-10H2,1-2H3,(H2,19,20,23);1H. The lowest BCUT2D eigenvalue weighted by atomic mass is 10.1. The van der Waals surface area contributed by atoms with Crippen molar-refractivity contribution in [3.63, 3.8) is 0 Å². The molecule has 2 aromatic rings. The number of hydrogen-bond donors (Lipinski definition) is 2. The second-order valence-electron chi connectivity index (χ2n) is 6.05. The van der Waals surface area contributed by atoms with Crippen molar-refractivity contribution < 1.29 is 4.74 Å². The van der Waals surface area contributed by atoms with Crippen LogP contribution >= 0.6 is 35.6 Å². The van der Waals surface area contributed by atoms with Crippen molar-refractivity contribution in [1.82, 2.24) is 25.4 Å². The number of benzene rings is 1. The van der Waals surface area contributed by atoms with Crippen LogP contribution in [0, 0.1) is 0 Å². The summed E-state index contributed by atoms with van der Waals surface area (Å²) in [7, 11) is 1.76. The topological polar surface area (TPSA) is 76.4 Å². The number of aromatic nitrogens is 3. The Morgan fingerprint density at radius 2 is 2.27 bits per heavy atom. The van der Waals surface area contributed by atoms with Gasteiger partial charge in [0, 0.05) is 19.5 Å². The maximum atomic E-state index is 6.12. The van der Waals surface area contributed by atoms with E-state index < -0.39 is 0 Å². The normalized spacial score (nSPS) is 17.7. The molecular formula is C17H24ClIN6O. The first-order valence-corrected chi connectivity index (χ1v) is 8.78. The summed E-state index contributed by atoms with van der Waals surface area (Å²) in [4.78, 5) is 8.54. The van der Waals surface area contributed by atoms with Crippen LogP contribution in [0.15, 0.2) is 35.6 Å². The van der Waals surface area contributed by atoms with Crippen molar-refractivity contribution in [2.45, 2.75) is 38.5 Å². The van der Waals surface area contributed by atoms with E-state index in [1.165, 1.54) is 0 Å². The minimum absolute atomic E-state index is 0. The highest BCUT2D eigenvalue weighted by molar-refractivity contribution is 14.0. The number of rotatable bonds is 5. The van der Waals surface area contributed by atoms with E-state index in [1.807, 2.05) is 35.9 Å². The number of aliphatic imine (C=N–C) groups is 1. The lowest BCUT2D eigenvalue weighted by molar-refractivity contribution is 0.223. The van der Waals surface area contributed by atoms with E-state index in [-0.39, 0.29) is 36.1 Å². The van der Waals surface area contributed by atoms with Crippen LogP contribution in [-0.4, -0.2) is 46.5 Å². The predicted octanol–water partition coefficient (Wildman–Crippen LogP) is 2.50. The van der Waals surface area contributed by atoms with Crippen LogP contribution < -0.4 is 15.4 Å². The molecule has 0 radical (unpaired) electrons. The summed E-state index contributed by atoms with van der Waals surface area (Å²) in [5.74, 6) is 2.48. The Balaban J connectivity index is 0.00000243. The number of hydrogen-bond acceptors (Lipinski definition) is 4. The molecule has 2 N–H and O–H groups in total. The first-order chi connectivity index (χ1) is 12.2. The fourth-order valence-electron chi connectivity index (χ4n) is 2.78. The zero-order valence-electron chi connectivity index (χ0n) is 14.9. The number of nitrogens with one attached hydrogen (secondary N) is 2. The van der Waals surface area contributed by atoms with Crippen LogP contribution in [0.4, 0.5) is 0 Å². The van der Waals surface area contributed by atoms with Gasteiger partial charge in [-0.1, -0.05) is 23.7 Å². The molecule has 2 unspecified atom stereocenters. The molecule has 0 spiro atoms. The van der Waals surface area contributed by atoms with Gasteiger partial charge in [-0.2, -0.15) is 5.10 Å². The monoisotopic (exact) mass is 490 g/mol. The Labute approximate surface area is 175 Å². The zero-order valence-corrected chi connectivity index (χ0v) is 17.9. The predicted molar refractivity (Wildman–Crippen MR) is 114 cm³/mol. The van der Waals surface area contributed by atoms with Crippen LogP contribution in [-0.2, 0) is 13.0 Å². The highest BCUT2D eigenvalue weighted by atomic mass is 127. The third kappa shape index (κ3) is 5.47. The summed E-state index contributed by atoms with van der Waals surface area (Å²) in [6.07, 6.45) is 3.48. The molecule has 9 heteroatoms. The summed E-state index contributed by atoms with van der Waals surface area (Å²) in [6.45, 7) is 3.40. The highest BCUT2D eigenvalue weighted by Gasteiger charge is 2.20. The number of fused-ring (bicyclic) bond motifs is 1. The minimum Gasteiger partial charge on any atom is -0.487 e. The van der Waals surface area contributed by atoms with Gasteiger partial charge in [-0.3, -0.25) is 4.99 Å². The lowest BCUT2D eigenvalue weighted by Crippen LogP contribution is -2.48. The van der Waals surface area contributed by atoms with Gasteiger partial charge >= 0.3 is 0 Å². The summed E-state index contributed by atoms with van der Waals surface area (Å²) < 4.78 is 7.81. The van der Waals surface area contributed by atoms with Crippen molar-refractivity contribution in [3.05, 3.63) is 41.4 Å². The molecule has 142 valence electrons. The summed E-state index contributed by atoms with van der Waals surface area (Å²) in [5, 5.41) is 11.6. The Bertz CT molecular complexity index is 738. The van der Waals surface area contributed by atoms with E-state index in [1.54, 1.807) is 13.4 Å². The quantitative estimate of drug-likeness (QED) is 0.383. The number of guanidine groups is 1. The molecule has 2 heterocycles. The SMILES string of the molecule is CN=C(NCC(C)Oc1ccccc1Cl)NC1CCc2ncnn2C1.I. The molecule has 3 rings (SSSR count). The van der Waals surface area contributed by atoms with Crippen molar-refractivity contribution in [3.8, 4) is 5.75 Å². The first kappa shape index (κ1) is 20.8. The van der Waals surface area contributed by atoms with Gasteiger partial charge in [0.2, 0.25) is 0 Å². The van der Waals surface area contributed by atoms with E-state index in [2.05, 4.69) is 25.7 Å². The van der Waals surface area contributed by atoms with Crippen LogP contribution in [0.5, 0.6) is 5.75 Å². The lowest BCUT2D eigenvalue weighted by Gasteiger charge is -2.26. The molecule has 1 aromatic heterocycles. The molecule has 2 atom stereocenters. The molecule has 0 saturated carbocycles. The summed E-state index contributed by atoms with van der Waals surface area (Å²) >= 11 is 6.12. The number of nitrogens with zero attached hydrogens (tertiary/aromatic N) is 4. The van der Waals surface area contributed by atoms with Crippen molar-refractivity contribution in [2.24, 2.45) is 4.99 Å². The van der Waals surface area contributed by atoms with Crippen molar-refractivity contribution in [2.75, 3.05) is 13.6 Å². The summed E-state index contributed by atoms with van der Waals surface area (Å²) in [5.41, 5.74) is 0. The minimum atomic E-state index is -0.0493. The number of halogens is 2. The van der Waals surface area contributed by atoms with E-state index in [4.69, 9.17) is 16.3 Å². The van der Waals surface area contributed by atoms with Crippen molar-refractivity contribution in [1.29, 1.82) is 0 Å².